The van der Waals surface area contributed by atoms with Crippen LogP contribution in [0, 0.1) is 78.2 Å². The number of rotatable bonds is 0. The number of aryl methyl sites for hydroxylation is 4. The van der Waals surface area contributed by atoms with Crippen molar-refractivity contribution in [1.82, 2.24) is 39.9 Å². The minimum absolute atomic E-state index is 0. The summed E-state index contributed by atoms with van der Waals surface area (Å²) in [6, 6.07) is 25.1. The summed E-state index contributed by atoms with van der Waals surface area (Å²) in [7, 11) is 0. The van der Waals surface area contributed by atoms with Crippen LogP contribution in [0.1, 0.15) is 77.9 Å². The predicted molar refractivity (Wildman–Crippen MR) is 235 cm³/mol. The Hall–Kier alpha value is -1.34. The molecule has 0 aliphatic rings. The Kier molecular flexibility index (Phi) is 45.3. The van der Waals surface area contributed by atoms with Crippen LogP contribution in [0.3, 0.4) is 0 Å². The second-order valence-electron chi connectivity index (χ2n) is 12.2. The Balaban J connectivity index is -0.000000314. The van der Waals surface area contributed by atoms with E-state index in [2.05, 4.69) is 64.7 Å². The van der Waals surface area contributed by atoms with Gasteiger partial charge in [0.25, 0.3) is 0 Å². The number of hydrogen-bond acceptors (Lipinski definition) is 8. The average Bonchev–Trinajstić information content (AvgIpc) is 3.20. The molecule has 0 saturated carbocycles. The number of aromatic nitrogens is 8. The number of pyridine rings is 6. The van der Waals surface area contributed by atoms with E-state index in [-0.39, 0.29) is 131 Å². The predicted octanol–water partition coefficient (Wildman–Crippen LogP) is 11.9. The smallest absolute Gasteiger partial charge is 0.0453 e. The number of fused-ring (bicyclic) bond motifs is 4. The van der Waals surface area contributed by atoms with E-state index in [1.165, 1.54) is 5.56 Å². The first-order valence-corrected chi connectivity index (χ1v) is 18.5. The van der Waals surface area contributed by atoms with Crippen LogP contribution in [-0.2, 0) is 131 Å². The molecule has 0 fully saturated rings. The summed E-state index contributed by atoms with van der Waals surface area (Å²) in [4.78, 5) is 32.9. The molecule has 8 nitrogen and oxygen atoms in total. The molecule has 8 rings (SSSR count). The second-order valence-corrected chi connectivity index (χ2v) is 12.2. The number of benzene rings is 1. The molecule has 4 radical (unpaired) electrons. The van der Waals surface area contributed by atoms with E-state index in [1.807, 2.05) is 182 Å². The summed E-state index contributed by atoms with van der Waals surface area (Å²) in [5, 5.41) is 2.13. The van der Waals surface area contributed by atoms with Crippen molar-refractivity contribution in [3.8, 4) is 0 Å². The zero-order valence-corrected chi connectivity index (χ0v) is 48.8. The van der Waals surface area contributed by atoms with Crippen LogP contribution in [0.15, 0.2) is 97.5 Å². The molecule has 0 N–H and O–H groups in total. The molecular formula is C48H56N8Y4-8. The van der Waals surface area contributed by atoms with Gasteiger partial charge in [0, 0.05) is 166 Å². The van der Waals surface area contributed by atoms with E-state index >= 15 is 0 Å². The molecule has 0 saturated heterocycles. The zero-order valence-electron chi connectivity index (χ0n) is 37.4. The van der Waals surface area contributed by atoms with Crippen molar-refractivity contribution in [3.63, 3.8) is 0 Å². The summed E-state index contributed by atoms with van der Waals surface area (Å²) in [6.45, 7) is 23.9. The van der Waals surface area contributed by atoms with Crippen LogP contribution in [0.4, 0.5) is 0 Å². The quantitative estimate of drug-likeness (QED) is 0.138. The van der Waals surface area contributed by atoms with Crippen molar-refractivity contribution in [1.29, 1.82) is 0 Å². The first-order valence-electron chi connectivity index (χ1n) is 18.5. The van der Waals surface area contributed by atoms with Crippen molar-refractivity contribution in [3.05, 3.63) is 170 Å². The standard InChI is InChI=1S/4C9H7N2.4C3H7.4Y/c1-7-2-3-8-9(6-7)11-5-4-10-8;1-7-4-5-8-3-2-6-10-9(8)11-7;1-7-5-9-8(6-11-7)3-2-4-10-9;1-7-5-9-8(11-6-7)3-2-4-10-9;4*1-3-2;;;;/h2-4,6H,1H3;2-5H,1H3;2*2-3,5-6H,1H3;4*3H,1-2H3;;;;/q8*-1;;;;. The first-order chi connectivity index (χ1) is 27.1. The van der Waals surface area contributed by atoms with Gasteiger partial charge in [0.15, 0.2) is 0 Å². The molecular weight excluding hydrogens is 1040 g/mol. The third-order valence-electron chi connectivity index (χ3n) is 6.24. The molecule has 1 aromatic carbocycles. The summed E-state index contributed by atoms with van der Waals surface area (Å²) in [5.74, 6) is 0. The van der Waals surface area contributed by atoms with Gasteiger partial charge in [0.2, 0.25) is 0 Å². The molecule has 12 heteroatoms. The van der Waals surface area contributed by atoms with Gasteiger partial charge in [0.1, 0.15) is 0 Å². The van der Waals surface area contributed by atoms with E-state index < -0.39 is 0 Å². The summed E-state index contributed by atoms with van der Waals surface area (Å²) >= 11 is 0. The topological polar surface area (TPSA) is 103 Å². The zero-order chi connectivity index (χ0) is 41.6. The molecule has 0 amide bonds. The van der Waals surface area contributed by atoms with Crippen LogP contribution < -0.4 is 0 Å². The van der Waals surface area contributed by atoms with Crippen molar-refractivity contribution < 1.29 is 131 Å². The fourth-order valence-corrected chi connectivity index (χ4v) is 4.05. The molecule has 308 valence electrons. The van der Waals surface area contributed by atoms with Gasteiger partial charge in [-0.1, -0.05) is 70.8 Å². The van der Waals surface area contributed by atoms with Gasteiger partial charge in [-0.3, -0.25) is 19.9 Å². The van der Waals surface area contributed by atoms with Crippen LogP contribution in [0.5, 0.6) is 0 Å². The van der Waals surface area contributed by atoms with E-state index in [0.717, 1.165) is 61.0 Å². The van der Waals surface area contributed by atoms with Gasteiger partial charge >= 0.3 is 0 Å². The number of hydrogen-bond donors (Lipinski definition) is 0. The van der Waals surface area contributed by atoms with Gasteiger partial charge in [-0.15, -0.1) is 18.3 Å². The van der Waals surface area contributed by atoms with Crippen molar-refractivity contribution >= 4 is 44.0 Å². The third-order valence-corrected chi connectivity index (χ3v) is 6.24. The van der Waals surface area contributed by atoms with Crippen LogP contribution >= 0.6 is 0 Å². The molecule has 0 atom stereocenters. The van der Waals surface area contributed by atoms with E-state index in [1.54, 1.807) is 24.4 Å². The number of nitrogens with zero attached hydrogens (tertiary/aromatic N) is 8. The molecule has 0 bridgehead atoms. The van der Waals surface area contributed by atoms with Gasteiger partial charge in [-0.25, -0.2) is 0 Å². The minimum Gasteiger partial charge on any atom is -0.448 e. The maximum atomic E-state index is 4.23. The normalized spacial score (nSPS) is 8.73. The van der Waals surface area contributed by atoms with E-state index in [4.69, 9.17) is 0 Å². The van der Waals surface area contributed by atoms with Crippen LogP contribution in [0.25, 0.3) is 44.0 Å². The van der Waals surface area contributed by atoms with Crippen LogP contribution in [-0.4, -0.2) is 39.9 Å². The summed E-state index contributed by atoms with van der Waals surface area (Å²) in [5.41, 5.74) is 9.71. The Bertz CT molecular complexity index is 1920. The Labute approximate surface area is 462 Å². The average molecular weight is 1100 g/mol. The Morgan fingerprint density at radius 2 is 0.900 bits per heavy atom. The van der Waals surface area contributed by atoms with Crippen molar-refractivity contribution in [2.45, 2.75) is 83.1 Å². The summed E-state index contributed by atoms with van der Waals surface area (Å²) in [6.07, 6.45) is 24.3. The van der Waals surface area contributed by atoms with Gasteiger partial charge in [-0.2, -0.15) is 85.7 Å². The van der Waals surface area contributed by atoms with E-state index in [9.17, 15) is 0 Å². The summed E-state index contributed by atoms with van der Waals surface area (Å²) < 4.78 is 0. The fraction of sp³-hybridized carbons (Fsp3) is 0.250. The first kappa shape index (κ1) is 65.3. The molecule has 0 aliphatic heterocycles. The fourth-order valence-electron chi connectivity index (χ4n) is 4.05. The second kappa shape index (κ2) is 41.7. The van der Waals surface area contributed by atoms with Crippen LogP contribution in [0.2, 0.25) is 0 Å². The molecule has 60 heavy (non-hydrogen) atoms. The van der Waals surface area contributed by atoms with Gasteiger partial charge in [-0.05, 0) is 62.1 Å². The van der Waals surface area contributed by atoms with Crippen molar-refractivity contribution in [2.24, 2.45) is 0 Å². The molecule has 7 aromatic heterocycles. The van der Waals surface area contributed by atoms with E-state index in [0.29, 0.717) is 0 Å². The Morgan fingerprint density at radius 3 is 1.52 bits per heavy atom. The third kappa shape index (κ3) is 28.4. The molecule has 0 unspecified atom stereocenters. The molecule has 7 heterocycles. The molecule has 0 aliphatic carbocycles. The monoisotopic (exact) mass is 1100 g/mol. The largest absolute Gasteiger partial charge is 0.448 e. The molecule has 8 aromatic rings. The van der Waals surface area contributed by atoms with Gasteiger partial charge in [0.05, 0.1) is 0 Å². The Morgan fingerprint density at radius 1 is 0.400 bits per heavy atom. The van der Waals surface area contributed by atoms with Gasteiger partial charge < -0.3 is 45.6 Å². The van der Waals surface area contributed by atoms with Crippen molar-refractivity contribution in [2.75, 3.05) is 0 Å². The minimum atomic E-state index is 0. The molecule has 0 spiro atoms. The maximum absolute atomic E-state index is 4.23. The SMILES string of the molecule is C[CH-]C.C[CH-]C.C[CH-]C.C[CH-]C.Cc1cc2n[c-]ccc2cn1.Cc1ccc2cc[c-]nc2n1.Cc1ccc2nc[c-]nc2c1.Cc1cnc2cc[c-]nc2c1.[Y].[Y].[Y].[Y]. The maximum Gasteiger partial charge on any atom is 0.0453 e.